The van der Waals surface area contributed by atoms with E-state index < -0.39 is 22.1 Å². The van der Waals surface area contributed by atoms with Gasteiger partial charge < -0.3 is 9.30 Å². The number of nitro groups is 1. The maximum Gasteiger partial charge on any atom is 0.338 e. The third-order valence-electron chi connectivity index (χ3n) is 3.49. The van der Waals surface area contributed by atoms with Gasteiger partial charge in [0.2, 0.25) is 0 Å². The van der Waals surface area contributed by atoms with Crippen LogP contribution in [0.1, 0.15) is 29.6 Å². The average Bonchev–Trinajstić information content (AvgIpc) is 2.59. The zero-order chi connectivity index (χ0) is 18.2. The summed E-state index contributed by atoms with van der Waals surface area (Å²) in [5.74, 6) is -0.535. The maximum absolute atomic E-state index is 11.8. The summed E-state index contributed by atoms with van der Waals surface area (Å²) in [6.45, 7) is 0.683. The molecule has 0 amide bonds. The molecule has 0 fully saturated rings. The molecule has 0 bridgehead atoms. The zero-order valence-electron chi connectivity index (χ0n) is 13.3. The van der Waals surface area contributed by atoms with E-state index in [0.717, 1.165) is 6.42 Å². The van der Waals surface area contributed by atoms with E-state index in [1.54, 1.807) is 0 Å². The van der Waals surface area contributed by atoms with Gasteiger partial charge in [-0.05, 0) is 31.4 Å². The first-order valence-electron chi connectivity index (χ1n) is 7.69. The Bertz CT molecular complexity index is 853. The highest BCUT2D eigenvalue weighted by Gasteiger charge is 2.10. The normalized spacial score (nSPS) is 10.4. The second-order valence-corrected chi connectivity index (χ2v) is 5.30. The number of nitrogens with one attached hydrogen (secondary N) is 1. The standard InChI is InChI=1S/C16H17N3O6/c20-14-8-10-18(16(22)17-14)9-2-1-3-11-25-15(21)12-4-6-13(7-5-12)19(23)24/h4-8,10H,1-3,9,11H2,(H,17,20,22). The Labute approximate surface area is 142 Å². The molecular weight excluding hydrogens is 330 g/mol. The third kappa shape index (κ3) is 5.41. The Hall–Kier alpha value is -3.23. The fourth-order valence-electron chi connectivity index (χ4n) is 2.15. The number of carbonyl (C=O) groups is 1. The number of aryl methyl sites for hydroxylation is 1. The summed E-state index contributed by atoms with van der Waals surface area (Å²) < 4.78 is 6.50. The molecule has 0 unspecified atom stereocenters. The van der Waals surface area contributed by atoms with Crippen molar-refractivity contribution in [2.75, 3.05) is 6.61 Å². The number of benzene rings is 1. The molecule has 9 nitrogen and oxygen atoms in total. The lowest BCUT2D eigenvalue weighted by Gasteiger charge is -2.06. The number of carbonyl (C=O) groups excluding carboxylic acids is 1. The van der Waals surface area contributed by atoms with Crippen LogP contribution >= 0.6 is 0 Å². The SMILES string of the molecule is O=C(OCCCCCn1ccc(=O)[nH]c1=O)c1ccc([N+](=O)[O-])cc1. The molecule has 0 aliphatic carbocycles. The largest absolute Gasteiger partial charge is 0.462 e. The highest BCUT2D eigenvalue weighted by molar-refractivity contribution is 5.89. The molecule has 1 N–H and O–H groups in total. The number of nitrogens with zero attached hydrogens (tertiary/aromatic N) is 2. The molecule has 0 spiro atoms. The third-order valence-corrected chi connectivity index (χ3v) is 3.49. The van der Waals surface area contributed by atoms with E-state index in [1.165, 1.54) is 41.1 Å². The molecule has 0 aliphatic rings. The summed E-state index contributed by atoms with van der Waals surface area (Å²) >= 11 is 0. The minimum atomic E-state index is -0.539. The maximum atomic E-state index is 11.8. The van der Waals surface area contributed by atoms with E-state index in [0.29, 0.717) is 19.4 Å². The van der Waals surface area contributed by atoms with Crippen molar-refractivity contribution < 1.29 is 14.5 Å². The molecule has 25 heavy (non-hydrogen) atoms. The average molecular weight is 347 g/mol. The molecule has 0 atom stereocenters. The number of H-pyrrole nitrogens is 1. The van der Waals surface area contributed by atoms with Crippen molar-refractivity contribution in [3.63, 3.8) is 0 Å². The van der Waals surface area contributed by atoms with Crippen LogP contribution in [-0.4, -0.2) is 27.1 Å². The number of nitro benzene ring substituents is 1. The van der Waals surface area contributed by atoms with Crippen LogP contribution in [-0.2, 0) is 11.3 Å². The summed E-state index contributed by atoms with van der Waals surface area (Å²) in [4.78, 5) is 46.4. The van der Waals surface area contributed by atoms with Gasteiger partial charge in [0.15, 0.2) is 0 Å². The quantitative estimate of drug-likeness (QED) is 0.334. The second-order valence-electron chi connectivity index (χ2n) is 5.30. The highest BCUT2D eigenvalue weighted by atomic mass is 16.6. The molecular formula is C16H17N3O6. The first-order valence-corrected chi connectivity index (χ1v) is 7.69. The Balaban J connectivity index is 1.68. The van der Waals surface area contributed by atoms with Gasteiger partial charge in [-0.25, -0.2) is 9.59 Å². The number of hydrogen-bond donors (Lipinski definition) is 1. The molecule has 2 rings (SSSR count). The van der Waals surface area contributed by atoms with Crippen LogP contribution in [0.2, 0.25) is 0 Å². The number of aromatic nitrogens is 2. The van der Waals surface area contributed by atoms with Gasteiger partial charge in [0, 0.05) is 30.9 Å². The van der Waals surface area contributed by atoms with Gasteiger partial charge in [-0.2, -0.15) is 0 Å². The molecule has 0 aliphatic heterocycles. The summed E-state index contributed by atoms with van der Waals surface area (Å²) in [7, 11) is 0. The molecule has 2 aromatic rings. The fraction of sp³-hybridized carbons (Fsp3) is 0.312. The predicted octanol–water partition coefficient (Wildman–Crippen LogP) is 1.47. The van der Waals surface area contributed by atoms with E-state index in [2.05, 4.69) is 4.98 Å². The van der Waals surface area contributed by atoms with Crippen LogP contribution in [0.15, 0.2) is 46.1 Å². The van der Waals surface area contributed by atoms with E-state index in [1.807, 2.05) is 0 Å². The Morgan fingerprint density at radius 1 is 1.12 bits per heavy atom. The fourth-order valence-corrected chi connectivity index (χ4v) is 2.15. The number of non-ortho nitro benzene ring substituents is 1. The number of unbranched alkanes of at least 4 members (excludes halogenated alkanes) is 2. The predicted molar refractivity (Wildman–Crippen MR) is 88.6 cm³/mol. The minimum absolute atomic E-state index is 0.0888. The molecule has 0 saturated heterocycles. The van der Waals surface area contributed by atoms with Crippen LogP contribution in [0.5, 0.6) is 0 Å². The van der Waals surface area contributed by atoms with Crippen LogP contribution < -0.4 is 11.2 Å². The number of hydrogen-bond acceptors (Lipinski definition) is 6. The molecule has 9 heteroatoms. The monoisotopic (exact) mass is 347 g/mol. The van der Waals surface area contributed by atoms with E-state index in [-0.39, 0.29) is 17.9 Å². The minimum Gasteiger partial charge on any atom is -0.462 e. The Morgan fingerprint density at radius 3 is 2.48 bits per heavy atom. The van der Waals surface area contributed by atoms with Gasteiger partial charge >= 0.3 is 11.7 Å². The lowest BCUT2D eigenvalue weighted by atomic mass is 10.2. The zero-order valence-corrected chi connectivity index (χ0v) is 13.3. The second kappa shape index (κ2) is 8.57. The Kier molecular flexibility index (Phi) is 6.21. The van der Waals surface area contributed by atoms with Gasteiger partial charge in [0.1, 0.15) is 0 Å². The summed E-state index contributed by atoms with van der Waals surface area (Å²) in [6, 6.07) is 6.48. The van der Waals surface area contributed by atoms with Crippen molar-refractivity contribution in [2.45, 2.75) is 25.8 Å². The van der Waals surface area contributed by atoms with Crippen molar-refractivity contribution in [3.05, 3.63) is 73.0 Å². The van der Waals surface area contributed by atoms with Crippen LogP contribution in [0.4, 0.5) is 5.69 Å². The van der Waals surface area contributed by atoms with Crippen LogP contribution in [0, 0.1) is 10.1 Å². The van der Waals surface area contributed by atoms with Crippen molar-refractivity contribution in [1.82, 2.24) is 9.55 Å². The van der Waals surface area contributed by atoms with Crippen molar-refractivity contribution in [1.29, 1.82) is 0 Å². The first kappa shape index (κ1) is 18.1. The molecule has 132 valence electrons. The van der Waals surface area contributed by atoms with Gasteiger partial charge in [0.25, 0.3) is 11.2 Å². The number of rotatable bonds is 8. The highest BCUT2D eigenvalue weighted by Crippen LogP contribution is 2.12. The van der Waals surface area contributed by atoms with Crippen molar-refractivity contribution in [2.24, 2.45) is 0 Å². The van der Waals surface area contributed by atoms with Crippen molar-refractivity contribution in [3.8, 4) is 0 Å². The van der Waals surface area contributed by atoms with Gasteiger partial charge in [-0.1, -0.05) is 0 Å². The topological polar surface area (TPSA) is 124 Å². The van der Waals surface area contributed by atoms with E-state index >= 15 is 0 Å². The molecule has 0 saturated carbocycles. The van der Waals surface area contributed by atoms with Gasteiger partial charge in [-0.15, -0.1) is 0 Å². The summed E-state index contributed by atoms with van der Waals surface area (Å²) in [5, 5.41) is 10.5. The molecule has 1 heterocycles. The lowest BCUT2D eigenvalue weighted by molar-refractivity contribution is -0.384. The number of aromatic amines is 1. The smallest absolute Gasteiger partial charge is 0.338 e. The number of ether oxygens (including phenoxy) is 1. The van der Waals surface area contributed by atoms with Gasteiger partial charge in [-0.3, -0.25) is 19.9 Å². The van der Waals surface area contributed by atoms with E-state index in [9.17, 15) is 24.5 Å². The molecule has 1 aromatic carbocycles. The molecule has 1 aromatic heterocycles. The summed E-state index contributed by atoms with van der Waals surface area (Å²) in [5.41, 5.74) is -0.712. The molecule has 0 radical (unpaired) electrons. The van der Waals surface area contributed by atoms with E-state index in [4.69, 9.17) is 4.74 Å². The van der Waals surface area contributed by atoms with Crippen LogP contribution in [0.3, 0.4) is 0 Å². The van der Waals surface area contributed by atoms with Crippen molar-refractivity contribution >= 4 is 11.7 Å². The summed E-state index contributed by atoms with van der Waals surface area (Å²) in [6.07, 6.45) is 3.49. The lowest BCUT2D eigenvalue weighted by Crippen LogP contribution is -2.28. The Morgan fingerprint density at radius 2 is 1.84 bits per heavy atom. The van der Waals surface area contributed by atoms with Crippen LogP contribution in [0.25, 0.3) is 0 Å². The number of esters is 1. The first-order chi connectivity index (χ1) is 12.0. The van der Waals surface area contributed by atoms with Gasteiger partial charge in [0.05, 0.1) is 17.1 Å².